The summed E-state index contributed by atoms with van der Waals surface area (Å²) in [7, 11) is 0. The van der Waals surface area contributed by atoms with E-state index in [0.717, 1.165) is 88.6 Å². The van der Waals surface area contributed by atoms with Crippen LogP contribution < -0.4 is 0 Å². The third-order valence-corrected chi connectivity index (χ3v) is 10.4. The van der Waals surface area contributed by atoms with Gasteiger partial charge >= 0.3 is 0 Å². The molecule has 262 valence electrons. The van der Waals surface area contributed by atoms with E-state index in [1.54, 1.807) is 0 Å². The van der Waals surface area contributed by atoms with Crippen molar-refractivity contribution in [3.05, 3.63) is 182 Å². The predicted octanol–water partition coefficient (Wildman–Crippen LogP) is 13.1. The fraction of sp³-hybridized carbons (Fsp3) is 0. The van der Waals surface area contributed by atoms with Crippen LogP contribution in [0.4, 0.5) is 0 Å². The van der Waals surface area contributed by atoms with Crippen LogP contribution in [0.5, 0.6) is 0 Å². The maximum atomic E-state index is 6.46. The van der Waals surface area contributed by atoms with Crippen LogP contribution >= 0.6 is 0 Å². The zero-order chi connectivity index (χ0) is 37.0. The van der Waals surface area contributed by atoms with Crippen molar-refractivity contribution in [2.75, 3.05) is 0 Å². The number of furan rings is 2. The standard InChI is InChI=1S/C50H30N4O2/c1-3-13-31(14-4-1)33-23-27-35(28-24-33)45-43-39-19-9-11-21-41(39)55-49(43)54-48(51-45)38-18-8-7-17-37(38)46-44-40-20-10-12-22-42(40)56-50(44)53-47(52-46)36-29-25-34(26-30-36)32-15-5-2-6-16-32/h1-30H. The van der Waals surface area contributed by atoms with Crippen molar-refractivity contribution in [2.45, 2.75) is 0 Å². The normalized spacial score (nSPS) is 11.6. The molecule has 6 heteroatoms. The lowest BCUT2D eigenvalue weighted by Gasteiger charge is -2.13. The quantitative estimate of drug-likeness (QED) is 0.170. The second kappa shape index (κ2) is 13.0. The first kappa shape index (κ1) is 31.8. The first-order chi connectivity index (χ1) is 27.7. The molecule has 56 heavy (non-hydrogen) atoms. The van der Waals surface area contributed by atoms with Crippen molar-refractivity contribution in [3.63, 3.8) is 0 Å². The van der Waals surface area contributed by atoms with Crippen LogP contribution in [0.25, 0.3) is 112 Å². The highest BCUT2D eigenvalue weighted by Crippen LogP contribution is 2.42. The number of hydrogen-bond acceptors (Lipinski definition) is 6. The van der Waals surface area contributed by atoms with Crippen LogP contribution in [-0.2, 0) is 0 Å². The summed E-state index contributed by atoms with van der Waals surface area (Å²) in [5.41, 5.74) is 12.1. The molecule has 7 aromatic carbocycles. The summed E-state index contributed by atoms with van der Waals surface area (Å²) in [5.74, 6) is 1.09. The van der Waals surface area contributed by atoms with E-state index in [0.29, 0.717) is 23.1 Å². The first-order valence-electron chi connectivity index (χ1n) is 18.6. The molecule has 0 aliphatic rings. The van der Waals surface area contributed by atoms with Crippen LogP contribution in [0.1, 0.15) is 0 Å². The van der Waals surface area contributed by atoms with Gasteiger partial charge in [0, 0.05) is 33.0 Å². The third kappa shape index (κ3) is 5.35. The SMILES string of the molecule is c1ccc(-c2ccc(-c3nc(-c4ccccc4-c4nc(-c5ccc(-c6ccccc6)cc5)c5c(n4)oc4ccccc45)c4c(n3)oc3ccccc34)cc2)cc1. The Morgan fingerprint density at radius 2 is 0.696 bits per heavy atom. The molecule has 11 aromatic rings. The van der Waals surface area contributed by atoms with Crippen molar-refractivity contribution in [2.24, 2.45) is 0 Å². The Labute approximate surface area is 321 Å². The molecule has 0 N–H and O–H groups in total. The van der Waals surface area contributed by atoms with Gasteiger partial charge in [0.05, 0.1) is 22.2 Å². The fourth-order valence-electron chi connectivity index (χ4n) is 7.68. The Morgan fingerprint density at radius 3 is 1.29 bits per heavy atom. The van der Waals surface area contributed by atoms with Gasteiger partial charge in [0.25, 0.3) is 0 Å². The fourth-order valence-corrected chi connectivity index (χ4v) is 7.68. The zero-order valence-corrected chi connectivity index (χ0v) is 29.9. The largest absolute Gasteiger partial charge is 0.438 e. The van der Waals surface area contributed by atoms with Gasteiger partial charge < -0.3 is 8.83 Å². The van der Waals surface area contributed by atoms with Crippen molar-refractivity contribution < 1.29 is 8.83 Å². The third-order valence-electron chi connectivity index (χ3n) is 10.4. The Hall–Kier alpha value is -7.70. The van der Waals surface area contributed by atoms with Gasteiger partial charge in [-0.25, -0.2) is 9.97 Å². The number of para-hydroxylation sites is 2. The molecule has 4 heterocycles. The molecule has 0 aliphatic carbocycles. The second-order valence-electron chi connectivity index (χ2n) is 13.8. The summed E-state index contributed by atoms with van der Waals surface area (Å²) >= 11 is 0. The van der Waals surface area contributed by atoms with E-state index in [4.69, 9.17) is 28.8 Å². The van der Waals surface area contributed by atoms with E-state index < -0.39 is 0 Å². The molecule has 4 aromatic heterocycles. The maximum Gasteiger partial charge on any atom is 0.231 e. The number of rotatable bonds is 6. The monoisotopic (exact) mass is 718 g/mol. The maximum absolute atomic E-state index is 6.46. The van der Waals surface area contributed by atoms with Crippen LogP contribution in [0, 0.1) is 0 Å². The van der Waals surface area contributed by atoms with Gasteiger partial charge in [0.15, 0.2) is 11.6 Å². The van der Waals surface area contributed by atoms with Crippen molar-refractivity contribution >= 4 is 44.1 Å². The molecular formula is C50H30N4O2. The van der Waals surface area contributed by atoms with Crippen LogP contribution in [-0.4, -0.2) is 19.9 Å². The van der Waals surface area contributed by atoms with Gasteiger partial charge in [0.2, 0.25) is 11.4 Å². The highest BCUT2D eigenvalue weighted by molar-refractivity contribution is 6.13. The smallest absolute Gasteiger partial charge is 0.231 e. The Balaban J connectivity index is 1.12. The highest BCUT2D eigenvalue weighted by atomic mass is 16.3. The van der Waals surface area contributed by atoms with Crippen molar-refractivity contribution in [1.82, 2.24) is 19.9 Å². The van der Waals surface area contributed by atoms with E-state index in [1.165, 1.54) is 0 Å². The number of aromatic nitrogens is 4. The van der Waals surface area contributed by atoms with Gasteiger partial charge in [-0.15, -0.1) is 0 Å². The topological polar surface area (TPSA) is 77.8 Å². The van der Waals surface area contributed by atoms with E-state index in [2.05, 4.69) is 103 Å². The molecular weight excluding hydrogens is 689 g/mol. The minimum Gasteiger partial charge on any atom is -0.438 e. The molecule has 0 aliphatic heterocycles. The van der Waals surface area contributed by atoms with Gasteiger partial charge in [-0.1, -0.05) is 170 Å². The molecule has 6 nitrogen and oxygen atoms in total. The zero-order valence-electron chi connectivity index (χ0n) is 29.9. The lowest BCUT2D eigenvalue weighted by molar-refractivity contribution is 0.653. The molecule has 0 saturated heterocycles. The molecule has 0 unspecified atom stereocenters. The summed E-state index contributed by atoms with van der Waals surface area (Å²) in [6.07, 6.45) is 0. The Bertz CT molecular complexity index is 3220. The van der Waals surface area contributed by atoms with Gasteiger partial charge in [-0.05, 0) is 34.4 Å². The molecule has 0 spiro atoms. The Kier molecular flexibility index (Phi) is 7.38. The summed E-state index contributed by atoms with van der Waals surface area (Å²) in [4.78, 5) is 20.8. The average molecular weight is 719 g/mol. The number of benzene rings is 7. The van der Waals surface area contributed by atoms with Crippen LogP contribution in [0.3, 0.4) is 0 Å². The highest BCUT2D eigenvalue weighted by Gasteiger charge is 2.23. The van der Waals surface area contributed by atoms with Crippen molar-refractivity contribution in [1.29, 1.82) is 0 Å². The van der Waals surface area contributed by atoms with Gasteiger partial charge in [0.1, 0.15) is 11.2 Å². The second-order valence-corrected chi connectivity index (χ2v) is 13.8. The summed E-state index contributed by atoms with van der Waals surface area (Å²) in [5, 5.41) is 3.61. The molecule has 11 rings (SSSR count). The van der Waals surface area contributed by atoms with Gasteiger partial charge in [-0.3, -0.25) is 0 Å². The van der Waals surface area contributed by atoms with Gasteiger partial charge in [-0.2, -0.15) is 9.97 Å². The molecule has 0 bridgehead atoms. The van der Waals surface area contributed by atoms with E-state index in [1.807, 2.05) is 78.9 Å². The summed E-state index contributed by atoms with van der Waals surface area (Å²) in [6, 6.07) is 61.8. The lowest BCUT2D eigenvalue weighted by atomic mass is 9.98. The summed E-state index contributed by atoms with van der Waals surface area (Å²) < 4.78 is 12.9. The first-order valence-corrected chi connectivity index (χ1v) is 18.6. The Morgan fingerprint density at radius 1 is 0.286 bits per heavy atom. The molecule has 0 fully saturated rings. The summed E-state index contributed by atoms with van der Waals surface area (Å²) in [6.45, 7) is 0. The van der Waals surface area contributed by atoms with E-state index in [9.17, 15) is 0 Å². The predicted molar refractivity (Wildman–Crippen MR) is 225 cm³/mol. The lowest BCUT2D eigenvalue weighted by Crippen LogP contribution is -1.98. The molecule has 0 radical (unpaired) electrons. The number of fused-ring (bicyclic) bond motifs is 6. The molecule has 0 amide bonds. The van der Waals surface area contributed by atoms with E-state index >= 15 is 0 Å². The molecule has 0 saturated carbocycles. The van der Waals surface area contributed by atoms with Crippen LogP contribution in [0.15, 0.2) is 191 Å². The minimum atomic E-state index is 0.515. The average Bonchev–Trinajstić information content (AvgIpc) is 3.85. The minimum absolute atomic E-state index is 0.515. The molecule has 0 atom stereocenters. The van der Waals surface area contributed by atoms with E-state index in [-0.39, 0.29) is 0 Å². The number of nitrogens with zero attached hydrogens (tertiary/aromatic N) is 4. The van der Waals surface area contributed by atoms with Crippen LogP contribution in [0.2, 0.25) is 0 Å². The number of hydrogen-bond donors (Lipinski definition) is 0. The van der Waals surface area contributed by atoms with Crippen molar-refractivity contribution in [3.8, 4) is 67.5 Å².